The van der Waals surface area contributed by atoms with Crippen molar-refractivity contribution in [3.8, 4) is 0 Å². The van der Waals surface area contributed by atoms with E-state index in [0.717, 1.165) is 55.3 Å². The first-order valence-electron chi connectivity index (χ1n) is 10.8. The molecule has 32 heavy (non-hydrogen) atoms. The summed E-state index contributed by atoms with van der Waals surface area (Å²) < 4.78 is 36.6. The molecule has 0 unspecified atom stereocenters. The molecule has 0 bridgehead atoms. The van der Waals surface area contributed by atoms with Crippen LogP contribution in [0.2, 0.25) is 0 Å². The number of fused-ring (bicyclic) bond motifs is 2. The van der Waals surface area contributed by atoms with Crippen molar-refractivity contribution >= 4 is 27.6 Å². The van der Waals surface area contributed by atoms with Gasteiger partial charge in [0.2, 0.25) is 0 Å². The Morgan fingerprint density at radius 1 is 1.12 bits per heavy atom. The summed E-state index contributed by atoms with van der Waals surface area (Å²) in [5.74, 6) is 0. The molecule has 2 amide bonds. The molecule has 2 heterocycles. The van der Waals surface area contributed by atoms with E-state index in [4.69, 9.17) is 4.74 Å². The number of anilines is 2. The molecule has 1 aliphatic heterocycles. The van der Waals surface area contributed by atoms with Crippen molar-refractivity contribution in [3.63, 3.8) is 0 Å². The molecule has 1 fully saturated rings. The number of aromatic nitrogens is 2. The Bertz CT molecular complexity index is 1050. The number of carbonyl (C=O) groups is 1. The smallest absolute Gasteiger partial charge is 0.423 e. The van der Waals surface area contributed by atoms with Gasteiger partial charge in [0.25, 0.3) is 10.2 Å². The second-order valence-corrected chi connectivity index (χ2v) is 9.80. The van der Waals surface area contributed by atoms with E-state index in [1.807, 2.05) is 0 Å². The molecule has 0 saturated carbocycles. The predicted molar refractivity (Wildman–Crippen MR) is 117 cm³/mol. The zero-order chi connectivity index (χ0) is 21.4. The number of H-pyrrole nitrogens is 1. The van der Waals surface area contributed by atoms with E-state index in [0.29, 0.717) is 31.7 Å². The number of aromatic amines is 1. The van der Waals surface area contributed by atoms with Crippen LogP contribution in [0.4, 0.5) is 16.2 Å². The number of nitrogens with zero attached hydrogens (tertiary/aromatic N) is 3. The minimum Gasteiger partial charge on any atom is -0.423 e. The summed E-state index contributed by atoms with van der Waals surface area (Å²) in [7, 11) is -4.26. The largest absolute Gasteiger partial charge is 1.00 e. The van der Waals surface area contributed by atoms with Crippen molar-refractivity contribution in [2.24, 2.45) is 0 Å². The number of carbonyl (C=O) groups excluding carboxylic acids is 1. The van der Waals surface area contributed by atoms with Crippen LogP contribution in [0, 0.1) is 0 Å². The van der Waals surface area contributed by atoms with Crippen molar-refractivity contribution in [2.75, 3.05) is 22.8 Å². The van der Waals surface area contributed by atoms with E-state index in [2.05, 4.69) is 26.3 Å². The molecule has 0 radical (unpaired) electrons. The average molecular weight is 468 g/mol. The quantitative estimate of drug-likeness (QED) is 0.611. The van der Waals surface area contributed by atoms with Gasteiger partial charge in [0.1, 0.15) is 0 Å². The average Bonchev–Trinajstić information content (AvgIpc) is 3.50. The molecule has 3 aliphatic rings. The van der Waals surface area contributed by atoms with Crippen LogP contribution in [0.1, 0.15) is 47.9 Å². The van der Waals surface area contributed by atoms with Gasteiger partial charge in [-0.25, -0.2) is 8.42 Å². The van der Waals surface area contributed by atoms with Crippen LogP contribution in [-0.2, 0) is 40.6 Å². The summed E-state index contributed by atoms with van der Waals surface area (Å²) in [4.78, 5) is 12.9. The van der Waals surface area contributed by atoms with Gasteiger partial charge >= 0.3 is 29.6 Å². The number of aryl methyl sites for hydroxylation is 2. The molecule has 1 aromatic carbocycles. The van der Waals surface area contributed by atoms with Gasteiger partial charge in [-0.3, -0.25) is 14.2 Å². The van der Waals surface area contributed by atoms with Crippen LogP contribution >= 0.6 is 0 Å². The molecule has 0 spiro atoms. The number of hydrogen-bond donors (Lipinski definition) is 2. The summed E-state index contributed by atoms with van der Waals surface area (Å²) in [5.41, 5.74) is 5.95. The number of urea groups is 1. The van der Waals surface area contributed by atoms with Crippen molar-refractivity contribution in [3.05, 3.63) is 45.4 Å². The Balaban J connectivity index is 0.00000245. The van der Waals surface area contributed by atoms with Crippen molar-refractivity contribution in [1.29, 1.82) is 0 Å². The summed E-state index contributed by atoms with van der Waals surface area (Å²) in [6.07, 6.45) is 9.88. The number of ether oxygens (including phenoxy) is 1. The van der Waals surface area contributed by atoms with Crippen molar-refractivity contribution in [2.45, 2.75) is 57.4 Å². The summed E-state index contributed by atoms with van der Waals surface area (Å²) in [5, 5.41) is 9.36. The molecule has 1 aromatic heterocycles. The Morgan fingerprint density at radius 3 is 2.38 bits per heavy atom. The Labute approximate surface area is 210 Å². The van der Waals surface area contributed by atoms with Crippen LogP contribution in [-0.4, -0.2) is 43.9 Å². The van der Waals surface area contributed by atoms with Gasteiger partial charge in [-0.1, -0.05) is 6.07 Å². The van der Waals surface area contributed by atoms with Crippen LogP contribution in [0.15, 0.2) is 18.5 Å². The van der Waals surface area contributed by atoms with Gasteiger partial charge in [-0.15, -0.1) is 0 Å². The van der Waals surface area contributed by atoms with Crippen LogP contribution in [0.5, 0.6) is 0 Å². The first-order valence-corrected chi connectivity index (χ1v) is 12.2. The number of rotatable bonds is 5. The summed E-state index contributed by atoms with van der Waals surface area (Å²) in [6.45, 7) is 0.923. The number of nitrogens with one attached hydrogen (secondary N) is 2. The maximum Gasteiger partial charge on any atom is 1.00 e. The van der Waals surface area contributed by atoms with Crippen LogP contribution in [0.25, 0.3) is 4.72 Å². The molecule has 9 nitrogen and oxygen atoms in total. The molecule has 11 heteroatoms. The molecule has 0 atom stereocenters. The number of hydrogen-bond acceptors (Lipinski definition) is 5. The van der Waals surface area contributed by atoms with E-state index >= 15 is 0 Å². The van der Waals surface area contributed by atoms with Gasteiger partial charge < -0.3 is 14.8 Å². The zero-order valence-electron chi connectivity index (χ0n) is 18.3. The SMILES string of the molecule is O=C([N-]S(=O)(=O)N(c1cn[nH]c1)C1CCOCC1)Nc1c2c(cc3c1CCC3)CCC2.[Na+]. The third-order valence-electron chi connectivity index (χ3n) is 6.41. The molecular formula is C21H26N5NaO4S. The second-order valence-electron chi connectivity index (χ2n) is 8.33. The first kappa shape index (κ1) is 23.6. The fraction of sp³-hybridized carbons (Fsp3) is 0.524. The zero-order valence-corrected chi connectivity index (χ0v) is 21.1. The Morgan fingerprint density at radius 2 is 1.78 bits per heavy atom. The molecular weight excluding hydrogens is 441 g/mol. The normalized spacial score (nSPS) is 17.9. The maximum absolute atomic E-state index is 13.2. The first-order chi connectivity index (χ1) is 15.0. The predicted octanol–water partition coefficient (Wildman–Crippen LogP) is 0.227. The maximum atomic E-state index is 13.2. The summed E-state index contributed by atoms with van der Waals surface area (Å²) in [6, 6.07) is 1.08. The van der Waals surface area contributed by atoms with E-state index in [1.165, 1.54) is 27.8 Å². The molecule has 2 N–H and O–H groups in total. The summed E-state index contributed by atoms with van der Waals surface area (Å²) >= 11 is 0. The second kappa shape index (κ2) is 9.72. The van der Waals surface area contributed by atoms with Crippen LogP contribution in [0.3, 0.4) is 0 Å². The molecule has 5 rings (SSSR count). The standard InChI is InChI=1S/C21H27N5O4S.Na/c27-21(24-20-18-5-1-3-14(18)11-15-4-2-6-19(15)20)25-31(28,29)26(17-12-22-23-13-17)16-7-9-30-10-8-16;/h11-13,16H,1-10H2,(H3,22,23,24,25,27);/q;+1/p-1. The topological polar surface area (TPSA) is 118 Å². The van der Waals surface area contributed by atoms with Crippen molar-refractivity contribution < 1.29 is 47.5 Å². The van der Waals surface area contributed by atoms with Gasteiger partial charge in [0.05, 0.1) is 11.9 Å². The minimum atomic E-state index is -4.26. The van der Waals surface area contributed by atoms with Gasteiger partial charge in [0.15, 0.2) is 6.03 Å². The van der Waals surface area contributed by atoms with Gasteiger partial charge in [0, 0.05) is 25.5 Å². The van der Waals surface area contributed by atoms with Crippen molar-refractivity contribution in [1.82, 2.24) is 10.2 Å². The molecule has 2 aliphatic carbocycles. The molecule has 166 valence electrons. The third-order valence-corrected chi connectivity index (χ3v) is 7.82. The van der Waals surface area contributed by atoms with Gasteiger partial charge in [-0.05, 0) is 79.3 Å². The number of amides is 2. The molecule has 1 saturated heterocycles. The fourth-order valence-electron chi connectivity index (χ4n) is 5.06. The van der Waals surface area contributed by atoms with E-state index < -0.39 is 16.2 Å². The van der Waals surface area contributed by atoms with Gasteiger partial charge in [-0.2, -0.15) is 5.10 Å². The van der Waals surface area contributed by atoms with Crippen LogP contribution < -0.4 is 39.2 Å². The number of benzene rings is 1. The van der Waals surface area contributed by atoms with E-state index in [-0.39, 0.29) is 35.6 Å². The molecule has 2 aromatic rings. The van der Waals surface area contributed by atoms with E-state index in [9.17, 15) is 13.2 Å². The minimum absolute atomic E-state index is 0. The monoisotopic (exact) mass is 467 g/mol. The Hall–Kier alpha value is -1.59. The third kappa shape index (κ3) is 4.56. The fourth-order valence-corrected chi connectivity index (χ4v) is 6.36. The Kier molecular flexibility index (Phi) is 7.16. The van der Waals surface area contributed by atoms with E-state index in [1.54, 1.807) is 0 Å².